The highest BCUT2D eigenvalue weighted by Crippen LogP contribution is 2.47. The Morgan fingerprint density at radius 2 is 1.00 bits per heavy atom. The standard InChI is InChI=1S/C45H27N3/c1-2-12-31(13-3-1)47-39-19-8-7-16-34(39)38-25-28(22-24-41(38)47)29-21-23-35-33-15-6-9-20-40(33)48(42(35)26-29)43-27-30-11-10-18-36-32-14-4-5-17-37(32)45(46-43)44(30)36/h1-27H. The molecule has 7 aromatic carbocycles. The summed E-state index contributed by atoms with van der Waals surface area (Å²) in [5.74, 6) is 0.941. The summed E-state index contributed by atoms with van der Waals surface area (Å²) in [4.78, 5) is 5.42. The molecule has 0 N–H and O–H groups in total. The third-order valence-electron chi connectivity index (χ3n) is 10.2. The number of hydrogen-bond donors (Lipinski definition) is 0. The molecule has 48 heavy (non-hydrogen) atoms. The third kappa shape index (κ3) is 3.45. The first kappa shape index (κ1) is 25.7. The van der Waals surface area contributed by atoms with Crippen LogP contribution in [-0.2, 0) is 0 Å². The number of hydrogen-bond acceptors (Lipinski definition) is 1. The molecule has 0 atom stereocenters. The van der Waals surface area contributed by atoms with Crippen molar-refractivity contribution in [2.24, 2.45) is 0 Å². The highest BCUT2D eigenvalue weighted by molar-refractivity contribution is 6.16. The first-order chi connectivity index (χ1) is 23.8. The van der Waals surface area contributed by atoms with Crippen LogP contribution in [0.4, 0.5) is 0 Å². The van der Waals surface area contributed by atoms with Crippen LogP contribution in [0.1, 0.15) is 0 Å². The van der Waals surface area contributed by atoms with E-state index in [1.807, 2.05) is 0 Å². The van der Waals surface area contributed by atoms with Crippen LogP contribution >= 0.6 is 0 Å². The molecule has 0 fully saturated rings. The molecule has 11 rings (SSSR count). The number of rotatable bonds is 3. The molecule has 1 aliphatic carbocycles. The van der Waals surface area contributed by atoms with Gasteiger partial charge in [0.25, 0.3) is 0 Å². The molecule has 3 aromatic heterocycles. The SMILES string of the molecule is c1ccc(-n2c3ccccc3c3cc(-c4ccc5c6ccccc6n(-c6cc7cccc8c7c(n6)-c6ccccc6-8)c5c4)ccc32)cc1. The van der Waals surface area contributed by atoms with Crippen LogP contribution in [0.2, 0.25) is 0 Å². The quantitative estimate of drug-likeness (QED) is 0.195. The van der Waals surface area contributed by atoms with E-state index >= 15 is 0 Å². The average molecular weight is 610 g/mol. The van der Waals surface area contributed by atoms with Crippen LogP contribution < -0.4 is 0 Å². The van der Waals surface area contributed by atoms with Gasteiger partial charge in [0.05, 0.1) is 27.8 Å². The molecule has 0 radical (unpaired) electrons. The lowest BCUT2D eigenvalue weighted by Gasteiger charge is -2.11. The monoisotopic (exact) mass is 609 g/mol. The number of nitrogens with zero attached hydrogens (tertiary/aromatic N) is 3. The van der Waals surface area contributed by atoms with E-state index < -0.39 is 0 Å². The van der Waals surface area contributed by atoms with E-state index in [1.165, 1.54) is 76.9 Å². The van der Waals surface area contributed by atoms with Gasteiger partial charge in [-0.3, -0.25) is 4.57 Å². The zero-order valence-corrected chi connectivity index (χ0v) is 25.9. The summed E-state index contributed by atoms with van der Waals surface area (Å²) in [7, 11) is 0. The highest BCUT2D eigenvalue weighted by Gasteiger charge is 2.24. The first-order valence-electron chi connectivity index (χ1n) is 16.5. The Kier molecular flexibility index (Phi) is 5.11. The van der Waals surface area contributed by atoms with Gasteiger partial charge in [0, 0.05) is 38.2 Å². The Morgan fingerprint density at radius 3 is 1.85 bits per heavy atom. The summed E-state index contributed by atoms with van der Waals surface area (Å²) in [5.41, 5.74) is 13.1. The van der Waals surface area contributed by atoms with Gasteiger partial charge in [0.15, 0.2) is 0 Å². The molecule has 222 valence electrons. The third-order valence-corrected chi connectivity index (χ3v) is 10.2. The molecule has 0 spiro atoms. The van der Waals surface area contributed by atoms with Gasteiger partial charge in [-0.25, -0.2) is 4.98 Å². The van der Waals surface area contributed by atoms with E-state index in [4.69, 9.17) is 4.98 Å². The zero-order valence-electron chi connectivity index (χ0n) is 25.9. The summed E-state index contributed by atoms with van der Waals surface area (Å²) in [6.45, 7) is 0. The molecule has 0 aliphatic heterocycles. The largest absolute Gasteiger partial charge is 0.309 e. The minimum atomic E-state index is 0.941. The van der Waals surface area contributed by atoms with Gasteiger partial charge >= 0.3 is 0 Å². The number of pyridine rings is 1. The second-order valence-electron chi connectivity index (χ2n) is 12.8. The minimum absolute atomic E-state index is 0.941. The predicted molar refractivity (Wildman–Crippen MR) is 200 cm³/mol. The summed E-state index contributed by atoms with van der Waals surface area (Å²) >= 11 is 0. The van der Waals surface area contributed by atoms with Crippen LogP contribution in [0.3, 0.4) is 0 Å². The van der Waals surface area contributed by atoms with Crippen molar-refractivity contribution in [3.8, 4) is 45.0 Å². The summed E-state index contributed by atoms with van der Waals surface area (Å²) in [5, 5.41) is 7.42. The van der Waals surface area contributed by atoms with Gasteiger partial charge in [-0.2, -0.15) is 0 Å². The maximum Gasteiger partial charge on any atom is 0.138 e. The number of para-hydroxylation sites is 3. The number of aromatic nitrogens is 3. The Balaban J connectivity index is 1.15. The van der Waals surface area contributed by atoms with Crippen molar-refractivity contribution < 1.29 is 0 Å². The lowest BCUT2D eigenvalue weighted by Crippen LogP contribution is -1.99. The van der Waals surface area contributed by atoms with E-state index in [-0.39, 0.29) is 0 Å². The van der Waals surface area contributed by atoms with Crippen molar-refractivity contribution in [1.82, 2.24) is 14.1 Å². The lowest BCUT2D eigenvalue weighted by molar-refractivity contribution is 1.09. The van der Waals surface area contributed by atoms with Gasteiger partial charge < -0.3 is 4.57 Å². The molecule has 10 aromatic rings. The normalized spacial score (nSPS) is 12.2. The van der Waals surface area contributed by atoms with Gasteiger partial charge in [-0.15, -0.1) is 0 Å². The Bertz CT molecular complexity index is 2940. The Hall–Kier alpha value is -6.45. The van der Waals surface area contributed by atoms with Gasteiger partial charge in [0.1, 0.15) is 5.82 Å². The van der Waals surface area contributed by atoms with Crippen LogP contribution in [-0.4, -0.2) is 14.1 Å². The van der Waals surface area contributed by atoms with Crippen LogP contribution in [0.5, 0.6) is 0 Å². The van der Waals surface area contributed by atoms with E-state index in [0.717, 1.165) is 22.5 Å². The second-order valence-corrected chi connectivity index (χ2v) is 12.8. The summed E-state index contributed by atoms with van der Waals surface area (Å²) < 4.78 is 4.73. The van der Waals surface area contributed by atoms with Gasteiger partial charge in [0.2, 0.25) is 0 Å². The maximum absolute atomic E-state index is 5.42. The van der Waals surface area contributed by atoms with Crippen molar-refractivity contribution in [2.75, 3.05) is 0 Å². The van der Waals surface area contributed by atoms with Gasteiger partial charge in [-0.1, -0.05) is 115 Å². The molecule has 0 saturated carbocycles. The van der Waals surface area contributed by atoms with Crippen molar-refractivity contribution in [1.29, 1.82) is 0 Å². The Labute approximate surface area is 276 Å². The second kappa shape index (κ2) is 9.54. The van der Waals surface area contributed by atoms with Crippen molar-refractivity contribution >= 4 is 54.4 Å². The fourth-order valence-electron chi connectivity index (χ4n) is 8.16. The minimum Gasteiger partial charge on any atom is -0.309 e. The van der Waals surface area contributed by atoms with E-state index in [1.54, 1.807) is 0 Å². The topological polar surface area (TPSA) is 22.8 Å². The van der Waals surface area contributed by atoms with E-state index in [2.05, 4.69) is 173 Å². The summed E-state index contributed by atoms with van der Waals surface area (Å²) in [6.07, 6.45) is 0. The fraction of sp³-hybridized carbons (Fsp3) is 0. The lowest BCUT2D eigenvalue weighted by atomic mass is 10.0. The van der Waals surface area contributed by atoms with Crippen molar-refractivity contribution in [3.05, 3.63) is 164 Å². The number of benzene rings is 7. The summed E-state index contributed by atoms with van der Waals surface area (Å²) in [6, 6.07) is 59.4. The molecule has 0 amide bonds. The van der Waals surface area contributed by atoms with Crippen LogP contribution in [0, 0.1) is 0 Å². The molecular formula is C45H27N3. The molecule has 3 nitrogen and oxygen atoms in total. The number of fused-ring (bicyclic) bond motifs is 9. The molecule has 0 unspecified atom stereocenters. The molecule has 0 bridgehead atoms. The molecule has 1 aliphatic rings. The van der Waals surface area contributed by atoms with E-state index in [9.17, 15) is 0 Å². The van der Waals surface area contributed by atoms with Crippen LogP contribution in [0.15, 0.2) is 164 Å². The Morgan fingerprint density at radius 1 is 0.375 bits per heavy atom. The smallest absolute Gasteiger partial charge is 0.138 e. The van der Waals surface area contributed by atoms with Crippen molar-refractivity contribution in [3.63, 3.8) is 0 Å². The zero-order chi connectivity index (χ0) is 31.3. The first-order valence-corrected chi connectivity index (χ1v) is 16.5. The average Bonchev–Trinajstić information content (AvgIpc) is 3.78. The van der Waals surface area contributed by atoms with Crippen LogP contribution in [0.25, 0.3) is 99.4 Å². The van der Waals surface area contributed by atoms with Crippen molar-refractivity contribution in [2.45, 2.75) is 0 Å². The molecular weight excluding hydrogens is 583 g/mol. The maximum atomic E-state index is 5.42. The fourth-order valence-corrected chi connectivity index (χ4v) is 8.16. The predicted octanol–water partition coefficient (Wildman–Crippen LogP) is 11.7. The molecule has 3 heterocycles. The van der Waals surface area contributed by atoms with Gasteiger partial charge in [-0.05, 0) is 76.2 Å². The highest BCUT2D eigenvalue weighted by atomic mass is 15.1. The molecule has 3 heteroatoms. The van der Waals surface area contributed by atoms with E-state index in [0.29, 0.717) is 0 Å². The molecule has 0 saturated heterocycles.